The van der Waals surface area contributed by atoms with Crippen LogP contribution in [0, 0.1) is 18.3 Å². The third-order valence-electron chi connectivity index (χ3n) is 4.70. The fourth-order valence-electron chi connectivity index (χ4n) is 3.21. The highest BCUT2D eigenvalue weighted by Gasteiger charge is 2.20. The summed E-state index contributed by atoms with van der Waals surface area (Å²) < 4.78 is 5.19. The van der Waals surface area contributed by atoms with Crippen molar-refractivity contribution in [3.05, 3.63) is 56.9 Å². The van der Waals surface area contributed by atoms with Crippen LogP contribution in [0.1, 0.15) is 35.6 Å². The first-order valence-electron chi connectivity index (χ1n) is 9.26. The highest BCUT2D eigenvalue weighted by Crippen LogP contribution is 2.25. The van der Waals surface area contributed by atoms with Crippen molar-refractivity contribution in [3.63, 3.8) is 0 Å². The van der Waals surface area contributed by atoms with Gasteiger partial charge in [0.2, 0.25) is 5.56 Å². The lowest BCUT2D eigenvalue weighted by Gasteiger charge is -2.14. The summed E-state index contributed by atoms with van der Waals surface area (Å²) in [5.41, 5.74) is 3.73. The number of amides is 1. The lowest BCUT2D eigenvalue weighted by Crippen LogP contribution is -2.30. The van der Waals surface area contributed by atoms with E-state index >= 15 is 0 Å². The van der Waals surface area contributed by atoms with Crippen molar-refractivity contribution in [2.75, 3.05) is 11.1 Å². The van der Waals surface area contributed by atoms with Gasteiger partial charge in [-0.25, -0.2) is 0 Å². The van der Waals surface area contributed by atoms with Crippen LogP contribution >= 0.6 is 11.8 Å². The van der Waals surface area contributed by atoms with Gasteiger partial charge in [0.05, 0.1) is 16.3 Å². The molecule has 0 bridgehead atoms. The minimum absolute atomic E-state index is 0.134. The van der Waals surface area contributed by atoms with E-state index in [4.69, 9.17) is 4.74 Å². The van der Waals surface area contributed by atoms with Crippen LogP contribution in [0.5, 0.6) is 0 Å². The molecule has 0 radical (unpaired) electrons. The van der Waals surface area contributed by atoms with E-state index in [0.717, 1.165) is 31.0 Å². The molecule has 2 aromatic rings. The molecular weight excluding hydrogens is 390 g/mol. The molecule has 29 heavy (non-hydrogen) atoms. The van der Waals surface area contributed by atoms with E-state index in [2.05, 4.69) is 10.3 Å². The average molecular weight is 411 g/mol. The van der Waals surface area contributed by atoms with Crippen molar-refractivity contribution in [3.8, 4) is 6.07 Å². The zero-order chi connectivity index (χ0) is 21.0. The van der Waals surface area contributed by atoms with Gasteiger partial charge in [-0.1, -0.05) is 17.8 Å². The number of fused-ring (bicyclic) bond motifs is 1. The van der Waals surface area contributed by atoms with Crippen LogP contribution in [0.4, 0.5) is 5.69 Å². The lowest BCUT2D eigenvalue weighted by molar-refractivity contribution is -0.150. The number of carbonyl (C=O) groups excluding carboxylic acids is 2. The molecule has 0 fully saturated rings. The number of ether oxygens (including phenoxy) is 1. The van der Waals surface area contributed by atoms with Gasteiger partial charge in [0.1, 0.15) is 6.07 Å². The quantitative estimate of drug-likeness (QED) is 0.558. The molecule has 0 spiro atoms. The van der Waals surface area contributed by atoms with Crippen LogP contribution in [-0.4, -0.2) is 28.7 Å². The number of rotatable bonds is 6. The Labute approximate surface area is 172 Å². The number of pyridine rings is 1. The number of H-pyrrole nitrogens is 1. The highest BCUT2D eigenvalue weighted by molar-refractivity contribution is 7.99. The maximum atomic E-state index is 12.3. The maximum absolute atomic E-state index is 12.3. The molecule has 1 aliphatic carbocycles. The molecule has 1 heterocycles. The SMILES string of the molecule is Cc1cc(=O)[nH]c(SCC(=O)O[C@@H](C)C(=O)Nc2ccc3c(c2)CCC3)c1C#N. The van der Waals surface area contributed by atoms with Gasteiger partial charge in [0, 0.05) is 11.8 Å². The Morgan fingerprint density at radius 1 is 1.31 bits per heavy atom. The van der Waals surface area contributed by atoms with Gasteiger partial charge in [-0.3, -0.25) is 14.4 Å². The lowest BCUT2D eigenvalue weighted by atomic mass is 10.1. The highest BCUT2D eigenvalue weighted by atomic mass is 32.2. The summed E-state index contributed by atoms with van der Waals surface area (Å²) >= 11 is 0.995. The number of nitriles is 1. The Bertz CT molecular complexity index is 1050. The predicted molar refractivity (Wildman–Crippen MR) is 110 cm³/mol. The third kappa shape index (κ3) is 5.06. The van der Waals surface area contributed by atoms with Crippen LogP contribution in [0.3, 0.4) is 0 Å². The number of carbonyl (C=O) groups is 2. The molecule has 0 unspecified atom stereocenters. The van der Waals surface area contributed by atoms with Gasteiger partial charge >= 0.3 is 5.97 Å². The van der Waals surface area contributed by atoms with Crippen molar-refractivity contribution in [2.24, 2.45) is 0 Å². The number of hydrogen-bond acceptors (Lipinski definition) is 6. The second-order valence-electron chi connectivity index (χ2n) is 6.88. The molecule has 2 N–H and O–H groups in total. The van der Waals surface area contributed by atoms with Crippen LogP contribution in [0.2, 0.25) is 0 Å². The predicted octanol–water partition coefficient (Wildman–Crippen LogP) is 2.71. The van der Waals surface area contributed by atoms with Crippen LogP contribution < -0.4 is 10.9 Å². The zero-order valence-electron chi connectivity index (χ0n) is 16.2. The van der Waals surface area contributed by atoms with Crippen LogP contribution in [-0.2, 0) is 27.2 Å². The van der Waals surface area contributed by atoms with E-state index in [1.807, 2.05) is 24.3 Å². The smallest absolute Gasteiger partial charge is 0.317 e. The summed E-state index contributed by atoms with van der Waals surface area (Å²) in [6.45, 7) is 3.15. The molecule has 1 aromatic heterocycles. The van der Waals surface area contributed by atoms with Gasteiger partial charge in [-0.05, 0) is 61.9 Å². The normalized spacial score (nSPS) is 13.3. The standard InChI is InChI=1S/C21H21N3O4S/c1-12-8-18(25)24-21(17(12)10-22)29-11-19(26)28-13(2)20(27)23-16-7-6-14-4-3-5-15(14)9-16/h6-9,13H,3-5,11H2,1-2H3,(H,23,27)(H,24,25)/t13-/m0/s1. The van der Waals surface area contributed by atoms with E-state index < -0.39 is 18.0 Å². The number of aromatic amines is 1. The van der Waals surface area contributed by atoms with E-state index in [9.17, 15) is 19.6 Å². The number of anilines is 1. The fourth-order valence-corrected chi connectivity index (χ4v) is 4.07. The average Bonchev–Trinajstić information content (AvgIpc) is 3.13. The number of nitrogens with one attached hydrogen (secondary N) is 2. The second kappa shape index (κ2) is 8.97. The van der Waals surface area contributed by atoms with Crippen molar-refractivity contribution in [1.29, 1.82) is 5.26 Å². The molecule has 0 saturated carbocycles. The molecular formula is C21H21N3O4S. The number of nitrogens with zero attached hydrogens (tertiary/aromatic N) is 1. The first kappa shape index (κ1) is 20.7. The molecule has 1 atom stereocenters. The van der Waals surface area contributed by atoms with Gasteiger partial charge in [-0.2, -0.15) is 5.26 Å². The van der Waals surface area contributed by atoms with E-state index in [0.29, 0.717) is 21.8 Å². The molecule has 3 rings (SSSR count). The first-order valence-corrected chi connectivity index (χ1v) is 10.2. The number of thioether (sulfide) groups is 1. The minimum Gasteiger partial charge on any atom is -0.452 e. The van der Waals surface area contributed by atoms with E-state index in [1.54, 1.807) is 6.92 Å². The number of hydrogen-bond donors (Lipinski definition) is 2. The molecule has 1 aliphatic rings. The summed E-state index contributed by atoms with van der Waals surface area (Å²) in [5, 5.41) is 12.3. The molecule has 0 aliphatic heterocycles. The molecule has 1 aromatic carbocycles. The fraction of sp³-hybridized carbons (Fsp3) is 0.333. The van der Waals surface area contributed by atoms with E-state index in [-0.39, 0.29) is 11.3 Å². The van der Waals surface area contributed by atoms with Crippen LogP contribution in [0.25, 0.3) is 0 Å². The number of aromatic nitrogens is 1. The Balaban J connectivity index is 1.55. The van der Waals surface area contributed by atoms with Crippen molar-refractivity contribution in [1.82, 2.24) is 4.98 Å². The molecule has 150 valence electrons. The molecule has 1 amide bonds. The van der Waals surface area contributed by atoms with Gasteiger partial charge in [-0.15, -0.1) is 0 Å². The Hall–Kier alpha value is -3.05. The summed E-state index contributed by atoms with van der Waals surface area (Å²) in [6, 6.07) is 9.16. The zero-order valence-corrected chi connectivity index (χ0v) is 17.0. The van der Waals surface area contributed by atoms with Gasteiger partial charge in [0.25, 0.3) is 5.91 Å². The first-order chi connectivity index (χ1) is 13.9. The molecule has 8 heteroatoms. The number of esters is 1. The topological polar surface area (TPSA) is 112 Å². The summed E-state index contributed by atoms with van der Waals surface area (Å²) in [4.78, 5) is 38.6. The number of benzene rings is 1. The summed E-state index contributed by atoms with van der Waals surface area (Å²) in [5.74, 6) is -1.16. The Kier molecular flexibility index (Phi) is 6.39. The van der Waals surface area contributed by atoms with Crippen molar-refractivity contribution < 1.29 is 14.3 Å². The molecule has 0 saturated heterocycles. The van der Waals surface area contributed by atoms with Crippen molar-refractivity contribution in [2.45, 2.75) is 44.2 Å². The Morgan fingerprint density at radius 3 is 2.83 bits per heavy atom. The minimum atomic E-state index is -0.969. The monoisotopic (exact) mass is 411 g/mol. The van der Waals surface area contributed by atoms with Gasteiger partial charge < -0.3 is 15.0 Å². The Morgan fingerprint density at radius 2 is 2.07 bits per heavy atom. The summed E-state index contributed by atoms with van der Waals surface area (Å²) in [6.07, 6.45) is 2.22. The van der Waals surface area contributed by atoms with Crippen molar-refractivity contribution >= 4 is 29.3 Å². The largest absolute Gasteiger partial charge is 0.452 e. The molecule has 7 nitrogen and oxygen atoms in total. The summed E-state index contributed by atoms with van der Waals surface area (Å²) in [7, 11) is 0. The van der Waals surface area contributed by atoms with Crippen LogP contribution in [0.15, 0.2) is 34.1 Å². The second-order valence-corrected chi connectivity index (χ2v) is 7.87. The third-order valence-corrected chi connectivity index (χ3v) is 5.67. The maximum Gasteiger partial charge on any atom is 0.317 e. The number of aryl methyl sites for hydroxylation is 3. The van der Waals surface area contributed by atoms with Gasteiger partial charge in [0.15, 0.2) is 6.10 Å². The van der Waals surface area contributed by atoms with E-state index in [1.165, 1.54) is 24.1 Å².